The monoisotopic (exact) mass is 193 g/mol. The Kier molecular flexibility index (Phi) is 4.70. The molecule has 0 amide bonds. The van der Waals surface area contributed by atoms with E-state index in [4.69, 9.17) is 16.9 Å². The highest BCUT2D eigenvalue weighted by molar-refractivity contribution is 6.02. The van der Waals surface area contributed by atoms with E-state index >= 15 is 0 Å². The molecule has 0 atom stereocenters. The number of nitrogens with one attached hydrogen (secondary N) is 1. The van der Waals surface area contributed by atoms with Gasteiger partial charge in [0, 0.05) is 22.6 Å². The maximum atomic E-state index is 7.43. The standard InChI is InChI=1S/C9H13N3.C2H6/c1-5-3-7(11)4-8(6(2)10)9(5)12;1-2/h3-4,10H,11-12H2,1-2H3;1-2H3. The zero-order chi connectivity index (χ0) is 11.3. The van der Waals surface area contributed by atoms with E-state index in [0.29, 0.717) is 17.1 Å². The Morgan fingerprint density at radius 2 is 1.71 bits per heavy atom. The number of hydrogen-bond acceptors (Lipinski definition) is 3. The molecule has 1 rings (SSSR count). The van der Waals surface area contributed by atoms with E-state index in [1.54, 1.807) is 13.0 Å². The van der Waals surface area contributed by atoms with Crippen molar-refractivity contribution in [3.05, 3.63) is 23.3 Å². The Balaban J connectivity index is 0.000000791. The molecule has 0 aliphatic rings. The highest BCUT2D eigenvalue weighted by atomic mass is 14.6. The fourth-order valence-electron chi connectivity index (χ4n) is 1.14. The average molecular weight is 193 g/mol. The Labute approximate surface area is 85.6 Å². The Bertz CT molecular complexity index is 330. The molecule has 0 saturated carbocycles. The van der Waals surface area contributed by atoms with Gasteiger partial charge in [-0.05, 0) is 31.5 Å². The molecule has 3 heteroatoms. The third kappa shape index (κ3) is 2.76. The van der Waals surface area contributed by atoms with Crippen molar-refractivity contribution in [1.82, 2.24) is 0 Å². The summed E-state index contributed by atoms with van der Waals surface area (Å²) in [5.74, 6) is 0. The second kappa shape index (κ2) is 5.27. The van der Waals surface area contributed by atoms with Gasteiger partial charge >= 0.3 is 0 Å². The van der Waals surface area contributed by atoms with Crippen molar-refractivity contribution in [2.24, 2.45) is 0 Å². The summed E-state index contributed by atoms with van der Waals surface area (Å²) in [6.07, 6.45) is 0. The molecule has 1 aromatic carbocycles. The van der Waals surface area contributed by atoms with Crippen LogP contribution in [0.1, 0.15) is 31.9 Å². The molecule has 0 heterocycles. The minimum Gasteiger partial charge on any atom is -0.399 e. The van der Waals surface area contributed by atoms with E-state index in [1.165, 1.54) is 0 Å². The predicted octanol–water partition coefficient (Wildman–Crippen LogP) is 2.57. The van der Waals surface area contributed by atoms with Gasteiger partial charge in [-0.25, -0.2) is 0 Å². The Morgan fingerprint density at radius 1 is 1.21 bits per heavy atom. The van der Waals surface area contributed by atoms with Gasteiger partial charge in [0.15, 0.2) is 0 Å². The van der Waals surface area contributed by atoms with Gasteiger partial charge in [-0.1, -0.05) is 13.8 Å². The summed E-state index contributed by atoms with van der Waals surface area (Å²) in [4.78, 5) is 0. The van der Waals surface area contributed by atoms with E-state index < -0.39 is 0 Å². The van der Waals surface area contributed by atoms with Crippen LogP contribution in [0.2, 0.25) is 0 Å². The molecule has 14 heavy (non-hydrogen) atoms. The highest BCUT2D eigenvalue weighted by Gasteiger charge is 2.04. The fourth-order valence-corrected chi connectivity index (χ4v) is 1.14. The van der Waals surface area contributed by atoms with Crippen molar-refractivity contribution in [1.29, 1.82) is 5.41 Å². The summed E-state index contributed by atoms with van der Waals surface area (Å²) in [7, 11) is 0. The predicted molar refractivity (Wildman–Crippen MR) is 63.9 cm³/mol. The van der Waals surface area contributed by atoms with Crippen molar-refractivity contribution in [2.75, 3.05) is 11.5 Å². The van der Waals surface area contributed by atoms with Gasteiger partial charge in [0.05, 0.1) is 0 Å². The molecule has 0 fully saturated rings. The van der Waals surface area contributed by atoms with Gasteiger partial charge in [-0.3, -0.25) is 0 Å². The number of rotatable bonds is 1. The Morgan fingerprint density at radius 3 is 2.14 bits per heavy atom. The van der Waals surface area contributed by atoms with E-state index in [1.807, 2.05) is 26.8 Å². The minimum absolute atomic E-state index is 0.447. The van der Waals surface area contributed by atoms with Crippen LogP contribution in [0.3, 0.4) is 0 Å². The summed E-state index contributed by atoms with van der Waals surface area (Å²) in [6, 6.07) is 3.53. The molecular weight excluding hydrogens is 174 g/mol. The first-order valence-corrected chi connectivity index (χ1v) is 4.73. The van der Waals surface area contributed by atoms with Crippen LogP contribution in [0.15, 0.2) is 12.1 Å². The van der Waals surface area contributed by atoms with Crippen LogP contribution in [-0.4, -0.2) is 5.71 Å². The zero-order valence-electron chi connectivity index (χ0n) is 9.31. The molecule has 0 unspecified atom stereocenters. The van der Waals surface area contributed by atoms with E-state index in [-0.39, 0.29) is 0 Å². The summed E-state index contributed by atoms with van der Waals surface area (Å²) in [5, 5.41) is 7.43. The maximum absolute atomic E-state index is 7.43. The highest BCUT2D eigenvalue weighted by Crippen LogP contribution is 2.20. The number of benzene rings is 1. The second-order valence-electron chi connectivity index (χ2n) is 2.92. The molecule has 0 aromatic heterocycles. The average Bonchev–Trinajstić information content (AvgIpc) is 2.14. The molecular formula is C11H19N3. The Hall–Kier alpha value is -1.51. The smallest absolute Gasteiger partial charge is 0.0436 e. The molecule has 0 bridgehead atoms. The van der Waals surface area contributed by atoms with Crippen molar-refractivity contribution >= 4 is 17.1 Å². The van der Waals surface area contributed by atoms with E-state index in [9.17, 15) is 0 Å². The van der Waals surface area contributed by atoms with Crippen molar-refractivity contribution in [3.8, 4) is 0 Å². The van der Waals surface area contributed by atoms with Crippen LogP contribution < -0.4 is 11.5 Å². The van der Waals surface area contributed by atoms with Crippen LogP contribution in [-0.2, 0) is 0 Å². The number of aryl methyl sites for hydroxylation is 1. The van der Waals surface area contributed by atoms with Gasteiger partial charge in [0.1, 0.15) is 0 Å². The third-order valence-corrected chi connectivity index (χ3v) is 1.81. The SMILES string of the molecule is CC.CC(=N)c1cc(N)cc(C)c1N. The first kappa shape index (κ1) is 12.5. The zero-order valence-corrected chi connectivity index (χ0v) is 9.31. The number of nitrogens with two attached hydrogens (primary N) is 2. The molecule has 0 spiro atoms. The van der Waals surface area contributed by atoms with E-state index in [2.05, 4.69) is 0 Å². The summed E-state index contributed by atoms with van der Waals surface area (Å²) >= 11 is 0. The third-order valence-electron chi connectivity index (χ3n) is 1.81. The molecule has 0 aliphatic carbocycles. The van der Waals surface area contributed by atoms with Crippen LogP contribution in [0.25, 0.3) is 0 Å². The second-order valence-corrected chi connectivity index (χ2v) is 2.92. The molecule has 0 saturated heterocycles. The van der Waals surface area contributed by atoms with Crippen LogP contribution >= 0.6 is 0 Å². The van der Waals surface area contributed by atoms with Gasteiger partial charge in [-0.2, -0.15) is 0 Å². The lowest BCUT2D eigenvalue weighted by Crippen LogP contribution is -2.03. The van der Waals surface area contributed by atoms with Crippen LogP contribution in [0.4, 0.5) is 11.4 Å². The number of anilines is 2. The molecule has 1 aromatic rings. The van der Waals surface area contributed by atoms with Gasteiger partial charge in [0.25, 0.3) is 0 Å². The van der Waals surface area contributed by atoms with Gasteiger partial charge < -0.3 is 16.9 Å². The molecule has 3 nitrogen and oxygen atoms in total. The van der Waals surface area contributed by atoms with Gasteiger partial charge in [0.2, 0.25) is 0 Å². The van der Waals surface area contributed by atoms with Crippen molar-refractivity contribution < 1.29 is 0 Å². The van der Waals surface area contributed by atoms with Crippen LogP contribution in [0.5, 0.6) is 0 Å². The fraction of sp³-hybridized carbons (Fsp3) is 0.364. The van der Waals surface area contributed by atoms with Gasteiger partial charge in [-0.15, -0.1) is 0 Å². The molecule has 0 radical (unpaired) electrons. The molecule has 0 aliphatic heterocycles. The lowest BCUT2D eigenvalue weighted by atomic mass is 10.0. The van der Waals surface area contributed by atoms with Crippen LogP contribution in [0, 0.1) is 12.3 Å². The lowest BCUT2D eigenvalue weighted by Gasteiger charge is -2.08. The lowest BCUT2D eigenvalue weighted by molar-refractivity contribution is 1.41. The minimum atomic E-state index is 0.447. The number of nitrogen functional groups attached to an aromatic ring is 2. The van der Waals surface area contributed by atoms with Crippen molar-refractivity contribution in [2.45, 2.75) is 27.7 Å². The summed E-state index contributed by atoms with van der Waals surface area (Å²) < 4.78 is 0. The van der Waals surface area contributed by atoms with E-state index in [0.717, 1.165) is 11.1 Å². The topological polar surface area (TPSA) is 75.9 Å². The largest absolute Gasteiger partial charge is 0.399 e. The molecule has 5 N–H and O–H groups in total. The first-order valence-electron chi connectivity index (χ1n) is 4.73. The molecule has 78 valence electrons. The summed E-state index contributed by atoms with van der Waals surface area (Å²) in [5.41, 5.74) is 14.8. The van der Waals surface area contributed by atoms with Crippen molar-refractivity contribution in [3.63, 3.8) is 0 Å². The normalized spacial score (nSPS) is 8.86. The maximum Gasteiger partial charge on any atom is 0.0436 e. The quantitative estimate of drug-likeness (QED) is 0.473. The number of hydrogen-bond donors (Lipinski definition) is 3. The summed E-state index contributed by atoms with van der Waals surface area (Å²) in [6.45, 7) is 7.59. The first-order chi connectivity index (χ1) is 6.52.